The lowest BCUT2D eigenvalue weighted by Crippen LogP contribution is -2.26. The van der Waals surface area contributed by atoms with E-state index in [0.717, 1.165) is 18.4 Å². The number of carbonyl (C=O) groups excluding carboxylic acids is 2. The van der Waals surface area contributed by atoms with Crippen molar-refractivity contribution in [2.45, 2.75) is 46.3 Å². The zero-order valence-corrected chi connectivity index (χ0v) is 15.6. The Labute approximate surface area is 155 Å². The molecule has 4 nitrogen and oxygen atoms in total. The molecule has 0 aliphatic heterocycles. The minimum Gasteiger partial charge on any atom is -0.460 e. The van der Waals surface area contributed by atoms with E-state index in [4.69, 9.17) is 15.9 Å². The third-order valence-electron chi connectivity index (χ3n) is 3.64. The van der Waals surface area contributed by atoms with Crippen LogP contribution in [0.15, 0.2) is 54.1 Å². The summed E-state index contributed by atoms with van der Waals surface area (Å²) in [4.78, 5) is 24.9. The quantitative estimate of drug-likeness (QED) is 0.288. The van der Waals surface area contributed by atoms with Gasteiger partial charge in [0.05, 0.1) is 11.7 Å². The van der Waals surface area contributed by atoms with Gasteiger partial charge in [-0.15, -0.1) is 6.42 Å². The van der Waals surface area contributed by atoms with Crippen LogP contribution in [-0.4, -0.2) is 18.0 Å². The first kappa shape index (κ1) is 21.2. The second-order valence-electron chi connectivity index (χ2n) is 5.85. The molecule has 1 aromatic rings. The predicted molar refractivity (Wildman–Crippen MR) is 102 cm³/mol. The highest BCUT2D eigenvalue weighted by molar-refractivity contribution is 5.97. The normalized spacial score (nSPS) is 13.7. The fourth-order valence-electron chi connectivity index (χ4n) is 2.30. The van der Waals surface area contributed by atoms with Crippen molar-refractivity contribution < 1.29 is 19.1 Å². The molecule has 0 amide bonds. The van der Waals surface area contributed by atoms with Gasteiger partial charge in [-0.2, -0.15) is 0 Å². The number of hydrogen-bond acceptors (Lipinski definition) is 4. The Balaban J connectivity index is 2.89. The van der Waals surface area contributed by atoms with Crippen LogP contribution >= 0.6 is 0 Å². The average Bonchev–Trinajstić information content (AvgIpc) is 2.64. The zero-order valence-electron chi connectivity index (χ0n) is 15.6. The zero-order chi connectivity index (χ0) is 19.4. The topological polar surface area (TPSA) is 52.6 Å². The Bertz CT molecular complexity index is 680. The monoisotopic (exact) mass is 354 g/mol. The van der Waals surface area contributed by atoms with E-state index in [-0.39, 0.29) is 18.3 Å². The molecule has 2 atom stereocenters. The molecule has 0 N–H and O–H groups in total. The van der Waals surface area contributed by atoms with Crippen molar-refractivity contribution >= 4 is 11.9 Å². The van der Waals surface area contributed by atoms with Gasteiger partial charge >= 0.3 is 11.9 Å². The van der Waals surface area contributed by atoms with Gasteiger partial charge in [0, 0.05) is 0 Å². The van der Waals surface area contributed by atoms with E-state index in [1.807, 2.05) is 44.2 Å². The van der Waals surface area contributed by atoms with Crippen LogP contribution in [0.4, 0.5) is 0 Å². The Kier molecular flexibility index (Phi) is 9.56. The first-order chi connectivity index (χ1) is 12.5. The third-order valence-corrected chi connectivity index (χ3v) is 3.64. The van der Waals surface area contributed by atoms with Gasteiger partial charge < -0.3 is 9.47 Å². The molecular formula is C22H26O4. The van der Waals surface area contributed by atoms with E-state index in [9.17, 15) is 9.59 Å². The molecule has 0 radical (unpaired) electrons. The molecule has 0 spiro atoms. The number of allylic oxidation sites excluding steroid dienone is 3. The van der Waals surface area contributed by atoms with Gasteiger partial charge in [0.15, 0.2) is 0 Å². The third kappa shape index (κ3) is 6.98. The maximum absolute atomic E-state index is 12.5. The predicted octanol–water partition coefficient (Wildman–Crippen LogP) is 4.21. The summed E-state index contributed by atoms with van der Waals surface area (Å²) in [6.45, 7) is 5.72. The van der Waals surface area contributed by atoms with Crippen molar-refractivity contribution in [1.29, 1.82) is 0 Å². The highest BCUT2D eigenvalue weighted by Crippen LogP contribution is 2.18. The summed E-state index contributed by atoms with van der Waals surface area (Å²) in [6.07, 6.45) is 11.8. The molecule has 1 aromatic carbocycles. The minimum absolute atomic E-state index is 0.0933. The van der Waals surface area contributed by atoms with Crippen molar-refractivity contribution in [3.63, 3.8) is 0 Å². The summed E-state index contributed by atoms with van der Waals surface area (Å²) in [5.41, 5.74) is 0.946. The maximum atomic E-state index is 12.5. The summed E-state index contributed by atoms with van der Waals surface area (Å²) in [5, 5.41) is 0. The molecule has 0 aliphatic rings. The van der Waals surface area contributed by atoms with Gasteiger partial charge in [-0.25, -0.2) is 4.79 Å². The van der Waals surface area contributed by atoms with Crippen LogP contribution in [0.5, 0.6) is 0 Å². The van der Waals surface area contributed by atoms with E-state index in [2.05, 4.69) is 5.92 Å². The Morgan fingerprint density at radius 1 is 1.27 bits per heavy atom. The van der Waals surface area contributed by atoms with Crippen molar-refractivity contribution in [3.05, 3.63) is 59.7 Å². The van der Waals surface area contributed by atoms with E-state index >= 15 is 0 Å². The standard InChI is InChI=1S/C22H26O4/c1-5-8-15-20(22(24)26-17(4)12-6-2)19(7-3)21(23)25-16-18-13-10-9-11-14-18/h3,5,8-11,13-15,17,19H,6,12,16H2,1-2,4H3/b8-5-,20-15+/t17-,19?/m0/s1. The van der Waals surface area contributed by atoms with Crippen molar-refractivity contribution in [3.8, 4) is 12.3 Å². The molecule has 1 unspecified atom stereocenters. The molecule has 0 saturated heterocycles. The highest BCUT2D eigenvalue weighted by Gasteiger charge is 2.29. The maximum Gasteiger partial charge on any atom is 0.336 e. The lowest BCUT2D eigenvalue weighted by Gasteiger charge is -2.17. The van der Waals surface area contributed by atoms with E-state index in [1.165, 1.54) is 6.08 Å². The fourth-order valence-corrected chi connectivity index (χ4v) is 2.30. The lowest BCUT2D eigenvalue weighted by atomic mass is 9.99. The summed E-state index contributed by atoms with van der Waals surface area (Å²) < 4.78 is 10.7. The molecule has 26 heavy (non-hydrogen) atoms. The Morgan fingerprint density at radius 3 is 2.54 bits per heavy atom. The summed E-state index contributed by atoms with van der Waals surface area (Å²) >= 11 is 0. The van der Waals surface area contributed by atoms with Gasteiger partial charge in [0.1, 0.15) is 12.5 Å². The molecule has 0 fully saturated rings. The van der Waals surface area contributed by atoms with Gasteiger partial charge in [0.2, 0.25) is 0 Å². The van der Waals surface area contributed by atoms with E-state index in [1.54, 1.807) is 19.1 Å². The van der Waals surface area contributed by atoms with Crippen molar-refractivity contribution in [1.82, 2.24) is 0 Å². The Hall–Kier alpha value is -2.80. The van der Waals surface area contributed by atoms with Crippen LogP contribution in [0, 0.1) is 18.3 Å². The molecule has 0 aromatic heterocycles. The largest absolute Gasteiger partial charge is 0.460 e. The second-order valence-corrected chi connectivity index (χ2v) is 5.85. The molecular weight excluding hydrogens is 328 g/mol. The molecule has 0 saturated carbocycles. The number of terminal acetylenes is 1. The van der Waals surface area contributed by atoms with E-state index in [0.29, 0.717) is 0 Å². The number of carbonyl (C=O) groups is 2. The number of rotatable bonds is 9. The SMILES string of the molecule is C#CC(C(=O)OCc1ccccc1)/C(=C\C=C/C)C(=O)O[C@@H](C)CCC. The average molecular weight is 354 g/mol. The van der Waals surface area contributed by atoms with Crippen LogP contribution in [0.25, 0.3) is 0 Å². The van der Waals surface area contributed by atoms with Gasteiger partial charge in [-0.3, -0.25) is 4.79 Å². The first-order valence-electron chi connectivity index (χ1n) is 8.74. The van der Waals surface area contributed by atoms with Gasteiger partial charge in [-0.05, 0) is 25.8 Å². The summed E-state index contributed by atoms with van der Waals surface area (Å²) in [6, 6.07) is 9.27. The second kappa shape index (κ2) is 11.7. The fraction of sp³-hybridized carbons (Fsp3) is 0.364. The van der Waals surface area contributed by atoms with Gasteiger partial charge in [-0.1, -0.05) is 67.8 Å². The molecule has 138 valence electrons. The lowest BCUT2D eigenvalue weighted by molar-refractivity contribution is -0.151. The number of benzene rings is 1. The molecule has 1 rings (SSSR count). The molecule has 0 aliphatic carbocycles. The van der Waals surface area contributed by atoms with Gasteiger partial charge in [0.25, 0.3) is 0 Å². The number of esters is 2. The minimum atomic E-state index is -1.11. The van der Waals surface area contributed by atoms with Crippen LogP contribution in [0.2, 0.25) is 0 Å². The summed E-state index contributed by atoms with van der Waals surface area (Å²) in [5.74, 6) is 0.00116. The highest BCUT2D eigenvalue weighted by atomic mass is 16.5. The van der Waals surface area contributed by atoms with Crippen LogP contribution in [0.1, 0.15) is 39.2 Å². The van der Waals surface area contributed by atoms with E-state index < -0.39 is 17.9 Å². The smallest absolute Gasteiger partial charge is 0.336 e. The molecule has 0 bridgehead atoms. The molecule has 4 heteroatoms. The molecule has 0 heterocycles. The number of ether oxygens (including phenoxy) is 2. The first-order valence-corrected chi connectivity index (χ1v) is 8.74. The van der Waals surface area contributed by atoms with Crippen LogP contribution < -0.4 is 0 Å². The van der Waals surface area contributed by atoms with Crippen molar-refractivity contribution in [2.75, 3.05) is 0 Å². The van der Waals surface area contributed by atoms with Crippen molar-refractivity contribution in [2.24, 2.45) is 5.92 Å². The number of hydrogen-bond donors (Lipinski definition) is 0. The van der Waals surface area contributed by atoms with Crippen LogP contribution in [0.3, 0.4) is 0 Å². The van der Waals surface area contributed by atoms with Crippen LogP contribution in [-0.2, 0) is 25.7 Å². The summed E-state index contributed by atoms with van der Waals surface area (Å²) in [7, 11) is 0. The Morgan fingerprint density at radius 2 is 1.96 bits per heavy atom.